The molecule has 66 valence electrons. The average molecular weight is 175 g/mol. The lowest BCUT2D eigenvalue weighted by atomic mass is 10.1. The highest BCUT2D eigenvalue weighted by atomic mass is 35.5. The summed E-state index contributed by atoms with van der Waals surface area (Å²) in [5, 5.41) is 0. The molecule has 0 spiro atoms. The fourth-order valence-corrected chi connectivity index (χ4v) is 1.11. The van der Waals surface area contributed by atoms with Gasteiger partial charge in [0.2, 0.25) is 0 Å². The van der Waals surface area contributed by atoms with Crippen LogP contribution in [0.15, 0.2) is 12.2 Å². The summed E-state index contributed by atoms with van der Waals surface area (Å²) < 4.78 is 0. The van der Waals surface area contributed by atoms with Gasteiger partial charge in [0.25, 0.3) is 0 Å². The van der Waals surface area contributed by atoms with Crippen LogP contribution in [0.4, 0.5) is 0 Å². The zero-order valence-corrected chi connectivity index (χ0v) is 8.24. The first-order valence-electron chi connectivity index (χ1n) is 4.62. The van der Waals surface area contributed by atoms with E-state index >= 15 is 0 Å². The van der Waals surface area contributed by atoms with E-state index in [1.807, 2.05) is 0 Å². The lowest BCUT2D eigenvalue weighted by Gasteiger charge is -1.93. The van der Waals surface area contributed by atoms with Crippen molar-refractivity contribution in [1.29, 1.82) is 0 Å². The number of alkyl halides is 1. The van der Waals surface area contributed by atoms with Gasteiger partial charge in [-0.1, -0.05) is 38.3 Å². The number of rotatable bonds is 7. The van der Waals surface area contributed by atoms with E-state index in [0.717, 1.165) is 12.3 Å². The second-order valence-corrected chi connectivity index (χ2v) is 3.18. The Hall–Kier alpha value is 0.0300. The zero-order valence-electron chi connectivity index (χ0n) is 7.48. The topological polar surface area (TPSA) is 0 Å². The summed E-state index contributed by atoms with van der Waals surface area (Å²) >= 11 is 5.51. The Labute approximate surface area is 75.6 Å². The van der Waals surface area contributed by atoms with E-state index in [9.17, 15) is 0 Å². The van der Waals surface area contributed by atoms with Gasteiger partial charge in [-0.05, 0) is 19.3 Å². The monoisotopic (exact) mass is 174 g/mol. The molecule has 0 nitrogen and oxygen atoms in total. The highest BCUT2D eigenvalue weighted by Gasteiger charge is 1.83. The third kappa shape index (κ3) is 10.0. The molecule has 0 fully saturated rings. The van der Waals surface area contributed by atoms with Crippen molar-refractivity contribution >= 4 is 11.6 Å². The summed E-state index contributed by atoms with van der Waals surface area (Å²) in [6.45, 7) is 2.24. The highest BCUT2D eigenvalue weighted by Crippen LogP contribution is 2.03. The number of halogens is 1. The van der Waals surface area contributed by atoms with E-state index in [0.29, 0.717) is 0 Å². The van der Waals surface area contributed by atoms with Crippen LogP contribution in [0.3, 0.4) is 0 Å². The van der Waals surface area contributed by atoms with Crippen LogP contribution in [0.2, 0.25) is 0 Å². The van der Waals surface area contributed by atoms with Gasteiger partial charge in [-0.15, -0.1) is 11.6 Å². The number of hydrogen-bond donors (Lipinski definition) is 0. The summed E-state index contributed by atoms with van der Waals surface area (Å²) in [4.78, 5) is 0. The van der Waals surface area contributed by atoms with E-state index in [1.165, 1.54) is 32.1 Å². The first-order valence-corrected chi connectivity index (χ1v) is 5.16. The van der Waals surface area contributed by atoms with E-state index < -0.39 is 0 Å². The van der Waals surface area contributed by atoms with Crippen LogP contribution < -0.4 is 0 Å². The van der Waals surface area contributed by atoms with Gasteiger partial charge in [-0.2, -0.15) is 0 Å². The molecule has 11 heavy (non-hydrogen) atoms. The van der Waals surface area contributed by atoms with Gasteiger partial charge in [0.15, 0.2) is 0 Å². The lowest BCUT2D eigenvalue weighted by molar-refractivity contribution is 0.674. The Morgan fingerprint density at radius 2 is 1.73 bits per heavy atom. The second kappa shape index (κ2) is 10.0. The maximum atomic E-state index is 5.51. The zero-order chi connectivity index (χ0) is 8.36. The molecule has 0 aromatic rings. The van der Waals surface area contributed by atoms with Gasteiger partial charge in [-0.25, -0.2) is 0 Å². The van der Waals surface area contributed by atoms with E-state index in [4.69, 9.17) is 11.6 Å². The maximum Gasteiger partial charge on any atom is 0.0257 e. The van der Waals surface area contributed by atoms with Gasteiger partial charge < -0.3 is 0 Å². The van der Waals surface area contributed by atoms with Gasteiger partial charge in [0.05, 0.1) is 0 Å². The van der Waals surface area contributed by atoms with E-state index in [1.54, 1.807) is 0 Å². The van der Waals surface area contributed by atoms with Crippen molar-refractivity contribution in [2.45, 2.75) is 45.4 Å². The molecule has 0 atom stereocenters. The molecule has 0 N–H and O–H groups in total. The normalized spacial score (nSPS) is 11.1. The Morgan fingerprint density at radius 1 is 1.00 bits per heavy atom. The largest absolute Gasteiger partial charge is 0.126 e. The Kier molecular flexibility index (Phi) is 10.1. The summed E-state index contributed by atoms with van der Waals surface area (Å²) in [5.74, 6) is 0.755. The summed E-state index contributed by atoms with van der Waals surface area (Å²) in [6.07, 6.45) is 12.1. The number of hydrogen-bond acceptors (Lipinski definition) is 0. The summed E-state index contributed by atoms with van der Waals surface area (Å²) in [6, 6.07) is 0. The van der Waals surface area contributed by atoms with Crippen molar-refractivity contribution in [2.75, 3.05) is 5.88 Å². The van der Waals surface area contributed by atoms with Crippen molar-refractivity contribution < 1.29 is 0 Å². The maximum absolute atomic E-state index is 5.51. The van der Waals surface area contributed by atoms with E-state index in [2.05, 4.69) is 19.1 Å². The molecule has 0 heterocycles. The number of allylic oxidation sites excluding steroid dienone is 2. The van der Waals surface area contributed by atoms with Crippen LogP contribution in [0.5, 0.6) is 0 Å². The van der Waals surface area contributed by atoms with Crippen molar-refractivity contribution in [3.05, 3.63) is 12.2 Å². The third-order valence-electron chi connectivity index (χ3n) is 1.67. The molecular weight excluding hydrogens is 156 g/mol. The molecule has 1 heteroatoms. The molecule has 0 unspecified atom stereocenters. The van der Waals surface area contributed by atoms with Crippen molar-refractivity contribution in [3.8, 4) is 0 Å². The van der Waals surface area contributed by atoms with Crippen LogP contribution in [0.25, 0.3) is 0 Å². The quantitative estimate of drug-likeness (QED) is 0.309. The Morgan fingerprint density at radius 3 is 2.36 bits per heavy atom. The fraction of sp³-hybridized carbons (Fsp3) is 0.800. The molecule has 0 radical (unpaired) electrons. The SMILES string of the molecule is CCCCCC/C=C\CCCl. The number of unbranched alkanes of at least 4 members (excludes halogenated alkanes) is 4. The Bertz CT molecular complexity index is 86.9. The standard InChI is InChI=1S/C10H19Cl/c1-2-3-4-5-6-7-8-9-10-11/h7-8H,2-6,9-10H2,1H3/b8-7-. The van der Waals surface area contributed by atoms with Crippen molar-refractivity contribution in [3.63, 3.8) is 0 Å². The molecule has 0 amide bonds. The minimum atomic E-state index is 0.755. The second-order valence-electron chi connectivity index (χ2n) is 2.80. The van der Waals surface area contributed by atoms with Gasteiger partial charge in [-0.3, -0.25) is 0 Å². The minimum absolute atomic E-state index is 0.755. The third-order valence-corrected chi connectivity index (χ3v) is 1.89. The molecule has 0 aliphatic carbocycles. The van der Waals surface area contributed by atoms with Crippen molar-refractivity contribution in [2.24, 2.45) is 0 Å². The first-order chi connectivity index (χ1) is 5.41. The van der Waals surface area contributed by atoms with Gasteiger partial charge in [0.1, 0.15) is 0 Å². The predicted molar refractivity (Wildman–Crippen MR) is 53.2 cm³/mol. The van der Waals surface area contributed by atoms with Crippen LogP contribution in [0, 0.1) is 0 Å². The lowest BCUT2D eigenvalue weighted by Crippen LogP contribution is -1.74. The molecule has 0 rings (SSSR count). The van der Waals surface area contributed by atoms with Gasteiger partial charge >= 0.3 is 0 Å². The first kappa shape index (κ1) is 11.0. The molecular formula is C10H19Cl. The van der Waals surface area contributed by atoms with Crippen molar-refractivity contribution in [1.82, 2.24) is 0 Å². The van der Waals surface area contributed by atoms with Crippen LogP contribution in [0.1, 0.15) is 45.4 Å². The Balaban J connectivity index is 2.89. The molecule has 0 aromatic carbocycles. The minimum Gasteiger partial charge on any atom is -0.126 e. The highest BCUT2D eigenvalue weighted by molar-refractivity contribution is 6.17. The molecule has 0 aromatic heterocycles. The smallest absolute Gasteiger partial charge is 0.0257 e. The van der Waals surface area contributed by atoms with Gasteiger partial charge in [0, 0.05) is 5.88 Å². The molecule has 0 saturated carbocycles. The van der Waals surface area contributed by atoms with Crippen LogP contribution >= 0.6 is 11.6 Å². The summed E-state index contributed by atoms with van der Waals surface area (Å²) in [5.41, 5.74) is 0. The predicted octanol–water partition coefficient (Wildman–Crippen LogP) is 4.14. The average Bonchev–Trinajstić information content (AvgIpc) is 2.03. The van der Waals surface area contributed by atoms with Crippen LogP contribution in [-0.2, 0) is 0 Å². The molecule has 0 aliphatic heterocycles. The molecule has 0 bridgehead atoms. The molecule has 0 aliphatic rings. The van der Waals surface area contributed by atoms with E-state index in [-0.39, 0.29) is 0 Å². The molecule has 0 saturated heterocycles. The van der Waals surface area contributed by atoms with Crippen LogP contribution in [-0.4, -0.2) is 5.88 Å². The summed E-state index contributed by atoms with van der Waals surface area (Å²) in [7, 11) is 0. The fourth-order valence-electron chi connectivity index (χ4n) is 0.988.